The van der Waals surface area contributed by atoms with Gasteiger partial charge in [0, 0.05) is 43.1 Å². The van der Waals surface area contributed by atoms with Crippen LogP contribution >= 0.6 is 24.0 Å². The van der Waals surface area contributed by atoms with Crippen LogP contribution in [0.4, 0.5) is 0 Å². The first-order valence-corrected chi connectivity index (χ1v) is 8.95. The Morgan fingerprint density at radius 3 is 2.76 bits per heavy atom. The van der Waals surface area contributed by atoms with Gasteiger partial charge in [-0.1, -0.05) is 19.0 Å². The van der Waals surface area contributed by atoms with Crippen molar-refractivity contribution in [2.45, 2.75) is 59.1 Å². The second kappa shape index (κ2) is 8.24. The highest BCUT2D eigenvalue weighted by Gasteiger charge is 2.58. The fourth-order valence-corrected chi connectivity index (χ4v) is 4.32. The van der Waals surface area contributed by atoms with Crippen LogP contribution in [0.25, 0.3) is 0 Å². The van der Waals surface area contributed by atoms with Crippen molar-refractivity contribution in [1.29, 1.82) is 0 Å². The first kappa shape index (κ1) is 20.5. The lowest BCUT2D eigenvalue weighted by atomic mass is 9.55. The van der Waals surface area contributed by atoms with Crippen LogP contribution in [0.3, 0.4) is 0 Å². The largest absolute Gasteiger partial charge is 0.377 e. The Morgan fingerprint density at radius 1 is 1.36 bits per heavy atom. The van der Waals surface area contributed by atoms with Gasteiger partial charge >= 0.3 is 0 Å². The van der Waals surface area contributed by atoms with Crippen LogP contribution in [-0.2, 0) is 11.2 Å². The second-order valence-corrected chi connectivity index (χ2v) is 7.59. The number of hydrogen-bond acceptors (Lipinski definition) is 4. The number of fused-ring (bicyclic) bond motifs is 1. The van der Waals surface area contributed by atoms with Gasteiger partial charge in [-0.15, -0.1) is 24.0 Å². The molecule has 1 saturated heterocycles. The van der Waals surface area contributed by atoms with Crippen molar-refractivity contribution in [1.82, 2.24) is 15.8 Å². The number of rotatable bonds is 4. The highest BCUT2D eigenvalue weighted by molar-refractivity contribution is 14.0. The van der Waals surface area contributed by atoms with Crippen molar-refractivity contribution < 1.29 is 9.26 Å². The molecule has 0 aromatic carbocycles. The second-order valence-electron chi connectivity index (χ2n) is 7.59. The van der Waals surface area contributed by atoms with Crippen LogP contribution < -0.4 is 10.6 Å². The summed E-state index contributed by atoms with van der Waals surface area (Å²) in [6.45, 7) is 10.2. The Bertz CT molecular complexity index is 595. The number of nitrogens with zero attached hydrogens (tertiary/aromatic N) is 2. The Hall–Kier alpha value is -0.830. The van der Waals surface area contributed by atoms with Crippen LogP contribution in [0.1, 0.15) is 43.7 Å². The van der Waals surface area contributed by atoms with Gasteiger partial charge in [-0.3, -0.25) is 4.99 Å². The molecule has 0 spiro atoms. The molecular formula is C18H31IN4O2. The molecule has 1 aromatic heterocycles. The molecule has 3 unspecified atom stereocenters. The predicted octanol–water partition coefficient (Wildman–Crippen LogP) is 2.82. The summed E-state index contributed by atoms with van der Waals surface area (Å²) >= 11 is 0. The highest BCUT2D eigenvalue weighted by atomic mass is 127. The number of aliphatic imine (C=N–C) groups is 1. The maximum absolute atomic E-state index is 5.98. The van der Waals surface area contributed by atoms with Gasteiger partial charge in [0.1, 0.15) is 5.76 Å². The molecule has 142 valence electrons. The zero-order valence-electron chi connectivity index (χ0n) is 15.9. The molecule has 0 amide bonds. The minimum absolute atomic E-state index is 0. The van der Waals surface area contributed by atoms with E-state index in [1.165, 1.54) is 12.0 Å². The standard InChI is InChI=1S/C18H30N4O2.HI/c1-11-13(12(2)24-22-11)8-9-20-17(19-5)21-15-14-7-6-10-23-16(14)18(15,3)4;/h14-16H,6-10H2,1-5H3,(H2,19,20,21);1H. The van der Waals surface area contributed by atoms with E-state index in [0.29, 0.717) is 18.1 Å². The van der Waals surface area contributed by atoms with Gasteiger partial charge in [-0.2, -0.15) is 0 Å². The summed E-state index contributed by atoms with van der Waals surface area (Å²) in [4.78, 5) is 4.39. The molecule has 0 radical (unpaired) electrons. The van der Waals surface area contributed by atoms with E-state index in [9.17, 15) is 0 Å². The molecule has 2 heterocycles. The molecule has 1 aliphatic heterocycles. The zero-order valence-corrected chi connectivity index (χ0v) is 18.2. The summed E-state index contributed by atoms with van der Waals surface area (Å²) < 4.78 is 11.2. The Balaban J connectivity index is 0.00000225. The number of aromatic nitrogens is 1. The summed E-state index contributed by atoms with van der Waals surface area (Å²) in [6.07, 6.45) is 3.66. The highest BCUT2D eigenvalue weighted by Crippen LogP contribution is 2.51. The van der Waals surface area contributed by atoms with Crippen molar-refractivity contribution in [3.8, 4) is 0 Å². The predicted molar refractivity (Wildman–Crippen MR) is 110 cm³/mol. The molecule has 0 bridgehead atoms. The normalized spacial score (nSPS) is 27.7. The SMILES string of the molecule is CN=C(NCCc1c(C)noc1C)NC1C2CCCOC2C1(C)C.I. The van der Waals surface area contributed by atoms with E-state index in [0.717, 1.165) is 43.4 Å². The molecule has 3 rings (SSSR count). The molecule has 3 atom stereocenters. The zero-order chi connectivity index (χ0) is 17.3. The van der Waals surface area contributed by atoms with Gasteiger partial charge in [0.05, 0.1) is 11.8 Å². The van der Waals surface area contributed by atoms with E-state index in [2.05, 4.69) is 34.6 Å². The number of aryl methyl sites for hydroxylation is 2. The van der Waals surface area contributed by atoms with Crippen molar-refractivity contribution in [2.75, 3.05) is 20.2 Å². The molecule has 2 N–H and O–H groups in total. The summed E-state index contributed by atoms with van der Waals surface area (Å²) in [5, 5.41) is 11.1. The number of hydrogen-bond donors (Lipinski definition) is 2. The fourth-order valence-electron chi connectivity index (χ4n) is 4.32. The van der Waals surface area contributed by atoms with E-state index in [-0.39, 0.29) is 29.4 Å². The van der Waals surface area contributed by atoms with Crippen molar-refractivity contribution in [3.63, 3.8) is 0 Å². The van der Waals surface area contributed by atoms with Gasteiger partial charge in [0.15, 0.2) is 5.96 Å². The molecule has 1 aliphatic carbocycles. The van der Waals surface area contributed by atoms with E-state index in [1.807, 2.05) is 20.9 Å². The molecule has 7 heteroatoms. The summed E-state index contributed by atoms with van der Waals surface area (Å²) in [6, 6.07) is 0.410. The van der Waals surface area contributed by atoms with Crippen LogP contribution in [0.2, 0.25) is 0 Å². The summed E-state index contributed by atoms with van der Waals surface area (Å²) in [5.41, 5.74) is 2.30. The minimum Gasteiger partial charge on any atom is -0.377 e. The van der Waals surface area contributed by atoms with Gasteiger partial charge in [0.25, 0.3) is 0 Å². The Kier molecular flexibility index (Phi) is 6.75. The third kappa shape index (κ3) is 3.97. The number of nitrogens with one attached hydrogen (secondary N) is 2. The number of halogens is 1. The summed E-state index contributed by atoms with van der Waals surface area (Å²) in [5.74, 6) is 2.36. The molecule has 1 aromatic rings. The molecule has 6 nitrogen and oxygen atoms in total. The van der Waals surface area contributed by atoms with Crippen LogP contribution in [0, 0.1) is 25.2 Å². The van der Waals surface area contributed by atoms with Crippen LogP contribution in [0.15, 0.2) is 9.52 Å². The number of ether oxygens (including phenoxy) is 1. The van der Waals surface area contributed by atoms with Gasteiger partial charge in [0.2, 0.25) is 0 Å². The van der Waals surface area contributed by atoms with Crippen molar-refractivity contribution >= 4 is 29.9 Å². The Morgan fingerprint density at radius 2 is 2.12 bits per heavy atom. The summed E-state index contributed by atoms with van der Waals surface area (Å²) in [7, 11) is 1.83. The van der Waals surface area contributed by atoms with E-state index in [1.54, 1.807) is 0 Å². The quantitative estimate of drug-likeness (QED) is 0.409. The van der Waals surface area contributed by atoms with E-state index >= 15 is 0 Å². The maximum Gasteiger partial charge on any atom is 0.191 e. The van der Waals surface area contributed by atoms with E-state index < -0.39 is 0 Å². The topological polar surface area (TPSA) is 71.7 Å². The molecule has 25 heavy (non-hydrogen) atoms. The molecule has 2 aliphatic rings. The van der Waals surface area contributed by atoms with Crippen molar-refractivity contribution in [2.24, 2.45) is 16.3 Å². The van der Waals surface area contributed by atoms with Crippen molar-refractivity contribution in [3.05, 3.63) is 17.0 Å². The van der Waals surface area contributed by atoms with Gasteiger partial charge < -0.3 is 19.9 Å². The van der Waals surface area contributed by atoms with Gasteiger partial charge in [-0.25, -0.2) is 0 Å². The van der Waals surface area contributed by atoms with E-state index in [4.69, 9.17) is 9.26 Å². The first-order chi connectivity index (χ1) is 11.4. The van der Waals surface area contributed by atoms with Crippen LogP contribution in [-0.4, -0.2) is 43.5 Å². The Labute approximate surface area is 167 Å². The van der Waals surface area contributed by atoms with Gasteiger partial charge in [-0.05, 0) is 33.1 Å². The third-order valence-corrected chi connectivity index (χ3v) is 5.70. The fraction of sp³-hybridized carbons (Fsp3) is 0.778. The lowest BCUT2D eigenvalue weighted by Crippen LogP contribution is -2.71. The molecule has 1 saturated carbocycles. The average Bonchev–Trinajstić information content (AvgIpc) is 2.89. The average molecular weight is 462 g/mol. The lowest BCUT2D eigenvalue weighted by molar-refractivity contribution is -0.188. The molecule has 2 fully saturated rings. The number of guanidine groups is 1. The monoisotopic (exact) mass is 462 g/mol. The lowest BCUT2D eigenvalue weighted by Gasteiger charge is -2.60. The third-order valence-electron chi connectivity index (χ3n) is 5.70. The maximum atomic E-state index is 5.98. The van der Waals surface area contributed by atoms with Crippen LogP contribution in [0.5, 0.6) is 0 Å². The smallest absolute Gasteiger partial charge is 0.191 e. The first-order valence-electron chi connectivity index (χ1n) is 8.95. The molecular weight excluding hydrogens is 431 g/mol. The minimum atomic E-state index is 0.